The summed E-state index contributed by atoms with van der Waals surface area (Å²) in [6.45, 7) is 0.223. The van der Waals surface area contributed by atoms with Crippen LogP contribution in [0.2, 0.25) is 0 Å². The van der Waals surface area contributed by atoms with E-state index < -0.39 is 11.7 Å². The van der Waals surface area contributed by atoms with Crippen molar-refractivity contribution in [3.8, 4) is 5.75 Å². The fraction of sp³-hybridized carbons (Fsp3) is 0.375. The molecule has 0 fully saturated rings. The summed E-state index contributed by atoms with van der Waals surface area (Å²) in [5, 5.41) is 0. The number of esters is 1. The van der Waals surface area contributed by atoms with E-state index in [1.165, 1.54) is 19.2 Å². The van der Waals surface area contributed by atoms with E-state index in [9.17, 15) is 18.0 Å². The third-order valence-electron chi connectivity index (χ3n) is 3.97. The number of carbonyl (C=O) groups excluding carboxylic acids is 1. The van der Waals surface area contributed by atoms with Crippen LogP contribution in [-0.4, -0.2) is 19.7 Å². The lowest BCUT2D eigenvalue weighted by Gasteiger charge is -2.08. The molecule has 164 valence electrons. The highest BCUT2D eigenvalue weighted by atomic mass is 19.4. The topological polar surface area (TPSA) is 35.5 Å². The molecule has 0 saturated carbocycles. The molecule has 0 spiro atoms. The Morgan fingerprint density at radius 2 is 1.53 bits per heavy atom. The number of benzene rings is 1. The van der Waals surface area contributed by atoms with Gasteiger partial charge in [-0.3, -0.25) is 4.79 Å². The summed E-state index contributed by atoms with van der Waals surface area (Å²) < 4.78 is 47.8. The van der Waals surface area contributed by atoms with Gasteiger partial charge in [0.15, 0.2) is 0 Å². The van der Waals surface area contributed by atoms with Crippen LogP contribution in [0.3, 0.4) is 0 Å². The molecule has 30 heavy (non-hydrogen) atoms. The zero-order valence-corrected chi connectivity index (χ0v) is 17.2. The van der Waals surface area contributed by atoms with Gasteiger partial charge in [-0.1, -0.05) is 54.7 Å². The van der Waals surface area contributed by atoms with Crippen LogP contribution in [0.25, 0.3) is 0 Å². The maximum Gasteiger partial charge on any atom is 0.416 e. The SMILES string of the molecule is COC(=O)CCC/C=C\C/C=C\C/C=C\C/C=C\COc1cccc(C(F)(F)F)c1. The molecule has 0 atom stereocenters. The summed E-state index contributed by atoms with van der Waals surface area (Å²) >= 11 is 0. The van der Waals surface area contributed by atoms with Crippen LogP contribution in [0.1, 0.15) is 44.1 Å². The monoisotopic (exact) mass is 422 g/mol. The molecule has 1 aromatic rings. The molecule has 0 aliphatic rings. The maximum absolute atomic E-state index is 12.6. The van der Waals surface area contributed by atoms with E-state index in [2.05, 4.69) is 35.1 Å². The average Bonchev–Trinajstić information content (AvgIpc) is 2.72. The molecule has 0 heterocycles. The Bertz CT molecular complexity index is 731. The van der Waals surface area contributed by atoms with Crippen molar-refractivity contribution in [1.82, 2.24) is 0 Å². The fourth-order valence-electron chi connectivity index (χ4n) is 2.37. The van der Waals surface area contributed by atoms with Gasteiger partial charge in [-0.15, -0.1) is 0 Å². The Kier molecular flexibility index (Phi) is 12.7. The van der Waals surface area contributed by atoms with Gasteiger partial charge in [0.1, 0.15) is 12.4 Å². The Balaban J connectivity index is 2.09. The molecule has 0 aliphatic heterocycles. The Morgan fingerprint density at radius 1 is 0.933 bits per heavy atom. The number of hydrogen-bond donors (Lipinski definition) is 0. The van der Waals surface area contributed by atoms with Gasteiger partial charge in [0.2, 0.25) is 0 Å². The summed E-state index contributed by atoms with van der Waals surface area (Å²) in [5.74, 6) is 0.0286. The first-order chi connectivity index (χ1) is 14.4. The van der Waals surface area contributed by atoms with Gasteiger partial charge in [0.25, 0.3) is 0 Å². The molecule has 0 unspecified atom stereocenters. The van der Waals surface area contributed by atoms with Crippen LogP contribution >= 0.6 is 0 Å². The third-order valence-corrected chi connectivity index (χ3v) is 3.97. The van der Waals surface area contributed by atoms with Crippen LogP contribution in [0.15, 0.2) is 72.9 Å². The van der Waals surface area contributed by atoms with Gasteiger partial charge in [-0.2, -0.15) is 13.2 Å². The van der Waals surface area contributed by atoms with Crippen LogP contribution in [0, 0.1) is 0 Å². The van der Waals surface area contributed by atoms with Gasteiger partial charge in [-0.25, -0.2) is 0 Å². The summed E-state index contributed by atoms with van der Waals surface area (Å²) in [4.78, 5) is 10.9. The number of allylic oxidation sites excluding steroid dienone is 7. The molecule has 0 radical (unpaired) electrons. The maximum atomic E-state index is 12.6. The second-order valence-electron chi connectivity index (χ2n) is 6.40. The van der Waals surface area contributed by atoms with Crippen molar-refractivity contribution in [3.63, 3.8) is 0 Å². The van der Waals surface area contributed by atoms with Crippen molar-refractivity contribution in [3.05, 3.63) is 78.4 Å². The number of unbranched alkanes of at least 4 members (excludes halogenated alkanes) is 1. The number of alkyl halides is 3. The molecule has 3 nitrogen and oxygen atoms in total. The van der Waals surface area contributed by atoms with E-state index in [1.54, 1.807) is 6.08 Å². The summed E-state index contributed by atoms with van der Waals surface area (Å²) in [7, 11) is 1.40. The second-order valence-corrected chi connectivity index (χ2v) is 6.40. The highest BCUT2D eigenvalue weighted by molar-refractivity contribution is 5.69. The number of hydrogen-bond acceptors (Lipinski definition) is 3. The average molecular weight is 422 g/mol. The van der Waals surface area contributed by atoms with Crippen molar-refractivity contribution < 1.29 is 27.4 Å². The molecule has 0 bridgehead atoms. The van der Waals surface area contributed by atoms with Gasteiger partial charge in [0, 0.05) is 6.42 Å². The van der Waals surface area contributed by atoms with Crippen molar-refractivity contribution in [2.24, 2.45) is 0 Å². The van der Waals surface area contributed by atoms with Crippen molar-refractivity contribution in [1.29, 1.82) is 0 Å². The van der Waals surface area contributed by atoms with E-state index in [4.69, 9.17) is 4.74 Å². The predicted octanol–water partition coefficient (Wildman–Crippen LogP) is 6.82. The number of halogens is 3. The van der Waals surface area contributed by atoms with Crippen LogP contribution in [-0.2, 0) is 15.7 Å². The number of carbonyl (C=O) groups is 1. The van der Waals surface area contributed by atoms with E-state index in [1.807, 2.05) is 12.2 Å². The van der Waals surface area contributed by atoms with Crippen molar-refractivity contribution >= 4 is 5.97 Å². The summed E-state index contributed by atoms with van der Waals surface area (Å²) in [5.41, 5.74) is -0.714. The molecule has 0 aliphatic carbocycles. The minimum atomic E-state index is -4.36. The zero-order chi connectivity index (χ0) is 22.1. The van der Waals surface area contributed by atoms with E-state index >= 15 is 0 Å². The van der Waals surface area contributed by atoms with Crippen LogP contribution in [0.5, 0.6) is 5.75 Å². The second kappa shape index (κ2) is 15.1. The number of rotatable bonds is 13. The first-order valence-corrected chi connectivity index (χ1v) is 9.90. The standard InChI is InChI=1S/C24H29F3O3/c1-29-23(28)18-13-11-9-7-5-3-2-4-6-8-10-12-14-19-30-22-17-15-16-21(20-22)24(25,26)27/h2-3,6-9,12,14-17,20H,4-5,10-11,13,18-19H2,1H3/b3-2-,8-6-,9-7-,14-12-. The predicted molar refractivity (Wildman–Crippen MR) is 113 cm³/mol. The number of methoxy groups -OCH3 is 1. The molecule has 1 rings (SSSR count). The smallest absolute Gasteiger partial charge is 0.416 e. The quantitative estimate of drug-likeness (QED) is 0.199. The van der Waals surface area contributed by atoms with Crippen LogP contribution in [0.4, 0.5) is 13.2 Å². The third kappa shape index (κ3) is 12.6. The lowest BCUT2D eigenvalue weighted by molar-refractivity contribution is -0.140. The van der Waals surface area contributed by atoms with Gasteiger partial charge < -0.3 is 9.47 Å². The molecule has 6 heteroatoms. The molecule has 0 saturated heterocycles. The van der Waals surface area contributed by atoms with Gasteiger partial charge in [0.05, 0.1) is 12.7 Å². The zero-order valence-electron chi connectivity index (χ0n) is 17.2. The lowest BCUT2D eigenvalue weighted by atomic mass is 10.2. The van der Waals surface area contributed by atoms with E-state index in [0.717, 1.165) is 44.2 Å². The molecule has 1 aromatic carbocycles. The summed E-state index contributed by atoms with van der Waals surface area (Å²) in [6.07, 6.45) is 16.3. The normalized spacial score (nSPS) is 12.5. The minimum Gasteiger partial charge on any atom is -0.490 e. The molecule has 0 aromatic heterocycles. The lowest BCUT2D eigenvalue weighted by Crippen LogP contribution is -2.05. The number of ether oxygens (including phenoxy) is 2. The molecule has 0 amide bonds. The largest absolute Gasteiger partial charge is 0.490 e. The van der Waals surface area contributed by atoms with Crippen LogP contribution < -0.4 is 4.74 Å². The minimum absolute atomic E-state index is 0.173. The first kappa shape index (κ1) is 25.3. The first-order valence-electron chi connectivity index (χ1n) is 9.90. The fourth-order valence-corrected chi connectivity index (χ4v) is 2.37. The highest BCUT2D eigenvalue weighted by Crippen LogP contribution is 2.31. The van der Waals surface area contributed by atoms with Gasteiger partial charge >= 0.3 is 12.1 Å². The molecular formula is C24H29F3O3. The van der Waals surface area contributed by atoms with Crippen molar-refractivity contribution in [2.75, 3.05) is 13.7 Å². The Hall–Kier alpha value is -2.76. The highest BCUT2D eigenvalue weighted by Gasteiger charge is 2.30. The summed E-state index contributed by atoms with van der Waals surface area (Å²) in [6, 6.07) is 4.86. The molecule has 0 N–H and O–H groups in total. The van der Waals surface area contributed by atoms with E-state index in [0.29, 0.717) is 6.42 Å². The Labute approximate surface area is 176 Å². The van der Waals surface area contributed by atoms with Crippen molar-refractivity contribution in [2.45, 2.75) is 44.7 Å². The van der Waals surface area contributed by atoms with Gasteiger partial charge in [-0.05, 0) is 50.3 Å². The molecular weight excluding hydrogens is 393 g/mol. The van der Waals surface area contributed by atoms with E-state index in [-0.39, 0.29) is 18.3 Å². The Morgan fingerprint density at radius 3 is 2.13 bits per heavy atom.